The van der Waals surface area contributed by atoms with E-state index in [4.69, 9.17) is 0 Å². The third-order valence-electron chi connectivity index (χ3n) is 2.59. The predicted octanol–water partition coefficient (Wildman–Crippen LogP) is 4.05. The molecule has 21 heavy (non-hydrogen) atoms. The van der Waals surface area contributed by atoms with Gasteiger partial charge in [0.2, 0.25) is 5.91 Å². The van der Waals surface area contributed by atoms with Gasteiger partial charge in [-0.1, -0.05) is 12.1 Å². The van der Waals surface area contributed by atoms with Crippen molar-refractivity contribution >= 4 is 44.9 Å². The lowest BCUT2D eigenvalue weighted by Gasteiger charge is -2.09. The molecule has 2 aromatic rings. The summed E-state index contributed by atoms with van der Waals surface area (Å²) in [5.74, 6) is -0.137. The molecule has 3 amide bonds. The van der Waals surface area contributed by atoms with Gasteiger partial charge in [0.05, 0.1) is 5.69 Å². The molecule has 0 bridgehead atoms. The van der Waals surface area contributed by atoms with E-state index in [-0.39, 0.29) is 11.9 Å². The van der Waals surface area contributed by atoms with Crippen LogP contribution in [-0.4, -0.2) is 11.9 Å². The Morgan fingerprint density at radius 1 is 0.857 bits per heavy atom. The fraction of sp³-hybridized carbons (Fsp3) is 0.0667. The highest BCUT2D eigenvalue weighted by molar-refractivity contribution is 9.10. The number of hydrogen-bond donors (Lipinski definition) is 3. The number of rotatable bonds is 3. The van der Waals surface area contributed by atoms with Crippen molar-refractivity contribution < 1.29 is 9.59 Å². The number of hydrogen-bond acceptors (Lipinski definition) is 2. The number of nitrogens with one attached hydrogen (secondary N) is 3. The van der Waals surface area contributed by atoms with Crippen LogP contribution in [-0.2, 0) is 4.79 Å². The van der Waals surface area contributed by atoms with Crippen LogP contribution in [0.25, 0.3) is 0 Å². The van der Waals surface area contributed by atoms with E-state index < -0.39 is 0 Å². The fourth-order valence-electron chi connectivity index (χ4n) is 1.69. The summed E-state index contributed by atoms with van der Waals surface area (Å²) < 4.78 is 0.807. The van der Waals surface area contributed by atoms with Gasteiger partial charge in [-0.3, -0.25) is 4.79 Å². The quantitative estimate of drug-likeness (QED) is 0.783. The lowest BCUT2D eigenvalue weighted by Crippen LogP contribution is -2.19. The Hall–Kier alpha value is -2.34. The highest BCUT2D eigenvalue weighted by Crippen LogP contribution is 2.21. The summed E-state index contributed by atoms with van der Waals surface area (Å²) >= 11 is 3.36. The molecule has 6 heteroatoms. The zero-order valence-corrected chi connectivity index (χ0v) is 12.9. The first-order valence-corrected chi connectivity index (χ1v) is 7.04. The molecule has 0 aliphatic heterocycles. The highest BCUT2D eigenvalue weighted by atomic mass is 79.9. The summed E-state index contributed by atoms with van der Waals surface area (Å²) in [6.45, 7) is 1.44. The summed E-state index contributed by atoms with van der Waals surface area (Å²) in [5.41, 5.74) is 2.00. The molecule has 108 valence electrons. The van der Waals surface area contributed by atoms with Gasteiger partial charge in [-0.05, 0) is 52.3 Å². The van der Waals surface area contributed by atoms with Gasteiger partial charge in [0.1, 0.15) is 0 Å². The Kier molecular flexibility index (Phi) is 4.94. The summed E-state index contributed by atoms with van der Waals surface area (Å²) in [6, 6.07) is 13.9. The van der Waals surface area contributed by atoms with Gasteiger partial charge < -0.3 is 16.0 Å². The number of benzene rings is 2. The molecule has 0 spiro atoms. The number of amides is 3. The summed E-state index contributed by atoms with van der Waals surface area (Å²) in [6.07, 6.45) is 0. The normalized spacial score (nSPS) is 9.81. The van der Waals surface area contributed by atoms with Crippen LogP contribution in [0.4, 0.5) is 21.9 Å². The third kappa shape index (κ3) is 4.61. The van der Waals surface area contributed by atoms with Gasteiger partial charge in [0.25, 0.3) is 0 Å². The maximum atomic E-state index is 11.9. The monoisotopic (exact) mass is 347 g/mol. The van der Waals surface area contributed by atoms with E-state index in [2.05, 4.69) is 31.9 Å². The molecule has 0 atom stereocenters. The second-order valence-corrected chi connectivity index (χ2v) is 5.17. The van der Waals surface area contributed by atoms with Crippen LogP contribution in [0.1, 0.15) is 6.92 Å². The Morgan fingerprint density at radius 3 is 2.00 bits per heavy atom. The number of urea groups is 1. The molecule has 5 nitrogen and oxygen atoms in total. The Balaban J connectivity index is 1.96. The summed E-state index contributed by atoms with van der Waals surface area (Å²) in [4.78, 5) is 22.8. The van der Waals surface area contributed by atoms with E-state index in [1.165, 1.54) is 6.92 Å². The van der Waals surface area contributed by atoms with Gasteiger partial charge in [0.15, 0.2) is 0 Å². The molecule has 2 aromatic carbocycles. The van der Waals surface area contributed by atoms with Crippen LogP contribution < -0.4 is 16.0 Å². The molecule has 0 heterocycles. The zero-order chi connectivity index (χ0) is 15.2. The molecule has 0 aromatic heterocycles. The Bertz CT molecular complexity index is 656. The number of anilines is 3. The summed E-state index contributed by atoms with van der Waals surface area (Å²) in [7, 11) is 0. The molecular weight excluding hydrogens is 334 g/mol. The second kappa shape index (κ2) is 6.90. The average molecular weight is 348 g/mol. The number of halogens is 1. The van der Waals surface area contributed by atoms with E-state index in [0.717, 1.165) is 4.47 Å². The molecule has 0 saturated heterocycles. The largest absolute Gasteiger partial charge is 0.326 e. The molecular formula is C15H14BrN3O2. The van der Waals surface area contributed by atoms with Crippen molar-refractivity contribution in [3.63, 3.8) is 0 Å². The predicted molar refractivity (Wildman–Crippen MR) is 87.5 cm³/mol. The number of para-hydroxylation sites is 1. The van der Waals surface area contributed by atoms with Crippen LogP contribution in [0.3, 0.4) is 0 Å². The van der Waals surface area contributed by atoms with Crippen molar-refractivity contribution in [2.45, 2.75) is 6.92 Å². The maximum Gasteiger partial charge on any atom is 0.323 e. The molecule has 0 radical (unpaired) electrons. The Labute approximate surface area is 130 Å². The summed E-state index contributed by atoms with van der Waals surface area (Å²) in [5, 5.41) is 8.11. The molecule has 0 saturated carbocycles. The number of carbonyl (C=O) groups is 2. The number of carbonyl (C=O) groups excluding carboxylic acids is 2. The van der Waals surface area contributed by atoms with Gasteiger partial charge in [-0.2, -0.15) is 0 Å². The van der Waals surface area contributed by atoms with Crippen LogP contribution in [0.2, 0.25) is 0 Å². The first kappa shape index (κ1) is 15.1. The molecule has 0 unspecified atom stereocenters. The molecule has 3 N–H and O–H groups in total. The minimum Gasteiger partial charge on any atom is -0.326 e. The van der Waals surface area contributed by atoms with Crippen molar-refractivity contribution in [2.75, 3.05) is 16.0 Å². The molecule has 0 aliphatic rings. The van der Waals surface area contributed by atoms with Crippen LogP contribution >= 0.6 is 15.9 Å². The van der Waals surface area contributed by atoms with Crippen LogP contribution in [0, 0.1) is 0 Å². The van der Waals surface area contributed by atoms with Gasteiger partial charge >= 0.3 is 6.03 Å². The molecule has 0 aliphatic carbocycles. The van der Waals surface area contributed by atoms with Crippen LogP contribution in [0.15, 0.2) is 53.0 Å². The van der Waals surface area contributed by atoms with Crippen molar-refractivity contribution in [2.24, 2.45) is 0 Å². The van der Waals surface area contributed by atoms with E-state index in [1.807, 2.05) is 18.2 Å². The topological polar surface area (TPSA) is 70.2 Å². The first-order chi connectivity index (χ1) is 10.0. The molecule has 0 fully saturated rings. The van der Waals surface area contributed by atoms with E-state index in [1.54, 1.807) is 30.3 Å². The van der Waals surface area contributed by atoms with Crippen molar-refractivity contribution in [1.82, 2.24) is 0 Å². The lowest BCUT2D eigenvalue weighted by molar-refractivity contribution is -0.114. The van der Waals surface area contributed by atoms with Gasteiger partial charge in [-0.25, -0.2) is 4.79 Å². The van der Waals surface area contributed by atoms with E-state index >= 15 is 0 Å². The smallest absolute Gasteiger partial charge is 0.323 e. The third-order valence-corrected chi connectivity index (χ3v) is 3.28. The fourth-order valence-corrected chi connectivity index (χ4v) is 2.07. The van der Waals surface area contributed by atoms with Gasteiger partial charge in [-0.15, -0.1) is 0 Å². The zero-order valence-electron chi connectivity index (χ0n) is 11.3. The lowest BCUT2D eigenvalue weighted by atomic mass is 10.3. The average Bonchev–Trinajstić information content (AvgIpc) is 2.43. The standard InChI is InChI=1S/C15H14BrN3O2/c1-10(20)17-11-6-8-12(9-7-11)18-15(21)19-14-5-3-2-4-13(14)16/h2-9H,1H3,(H,17,20)(H2,18,19,21). The molecule has 2 rings (SSSR count). The second-order valence-electron chi connectivity index (χ2n) is 4.32. The maximum absolute atomic E-state index is 11.9. The SMILES string of the molecule is CC(=O)Nc1ccc(NC(=O)Nc2ccccc2Br)cc1. The first-order valence-electron chi connectivity index (χ1n) is 6.25. The Morgan fingerprint density at radius 2 is 1.43 bits per heavy atom. The van der Waals surface area contributed by atoms with E-state index in [9.17, 15) is 9.59 Å². The van der Waals surface area contributed by atoms with Crippen LogP contribution in [0.5, 0.6) is 0 Å². The van der Waals surface area contributed by atoms with Crippen molar-refractivity contribution in [1.29, 1.82) is 0 Å². The van der Waals surface area contributed by atoms with Gasteiger partial charge in [0, 0.05) is 22.8 Å². The van der Waals surface area contributed by atoms with E-state index in [0.29, 0.717) is 17.1 Å². The minimum absolute atomic E-state index is 0.137. The highest BCUT2D eigenvalue weighted by Gasteiger charge is 2.05. The minimum atomic E-state index is -0.339. The van der Waals surface area contributed by atoms with Crippen molar-refractivity contribution in [3.05, 3.63) is 53.0 Å². The van der Waals surface area contributed by atoms with Crippen molar-refractivity contribution in [3.8, 4) is 0 Å².